The monoisotopic (exact) mass is 506 g/mol. The van der Waals surface area contributed by atoms with Crippen molar-refractivity contribution in [2.45, 2.75) is 25.1 Å². The number of nitrogens with zero attached hydrogens (tertiary/aromatic N) is 1. The van der Waals surface area contributed by atoms with Crippen molar-refractivity contribution < 1.29 is 13.2 Å². The molecule has 1 fully saturated rings. The summed E-state index contributed by atoms with van der Waals surface area (Å²) >= 11 is 8.33. The fourth-order valence-electron chi connectivity index (χ4n) is 2.33. The molecule has 1 saturated heterocycles. The molecule has 130 valence electrons. The summed E-state index contributed by atoms with van der Waals surface area (Å²) < 4.78 is 39.4. The number of nitrogens with one attached hydrogen (secondary N) is 1. The lowest BCUT2D eigenvalue weighted by Gasteiger charge is -2.34. The Morgan fingerprint density at radius 1 is 1.23 bits per heavy atom. The largest absolute Gasteiger partial charge is 0.389 e. The van der Waals surface area contributed by atoms with Crippen molar-refractivity contribution in [2.24, 2.45) is 0 Å². The lowest BCUT2D eigenvalue weighted by Crippen LogP contribution is -2.45. The van der Waals surface area contributed by atoms with E-state index in [0.717, 1.165) is 39.3 Å². The van der Waals surface area contributed by atoms with Gasteiger partial charge in [-0.25, -0.2) is 0 Å². The van der Waals surface area contributed by atoms with Gasteiger partial charge in [-0.15, -0.1) is 36.2 Å². The average Bonchev–Trinajstić information content (AvgIpc) is 2.69. The first kappa shape index (κ1) is 22.9. The molecule has 2 nitrogen and oxygen atoms in total. The van der Waals surface area contributed by atoms with Crippen LogP contribution < -0.4 is 5.32 Å². The van der Waals surface area contributed by atoms with Gasteiger partial charge in [0.05, 0.1) is 3.79 Å². The molecule has 0 aliphatic carbocycles. The van der Waals surface area contributed by atoms with Crippen LogP contribution in [0, 0.1) is 0 Å². The van der Waals surface area contributed by atoms with Crippen molar-refractivity contribution in [2.75, 3.05) is 26.2 Å². The first-order valence-corrected chi connectivity index (χ1v) is 8.73. The average molecular weight is 509 g/mol. The van der Waals surface area contributed by atoms with Gasteiger partial charge in [-0.1, -0.05) is 0 Å². The Morgan fingerprint density at radius 3 is 2.27 bits per heavy atom. The predicted molar refractivity (Wildman–Crippen MR) is 96.7 cm³/mol. The van der Waals surface area contributed by atoms with Gasteiger partial charge in [-0.2, -0.15) is 13.2 Å². The van der Waals surface area contributed by atoms with Crippen molar-refractivity contribution in [3.63, 3.8) is 0 Å². The van der Waals surface area contributed by atoms with E-state index in [1.54, 1.807) is 0 Å². The second kappa shape index (κ2) is 10.1. The van der Waals surface area contributed by atoms with Gasteiger partial charge in [0.15, 0.2) is 0 Å². The molecule has 0 aromatic carbocycles. The van der Waals surface area contributed by atoms with E-state index in [0.29, 0.717) is 0 Å². The predicted octanol–water partition coefficient (Wildman–Crippen LogP) is 5.41. The zero-order chi connectivity index (χ0) is 14.8. The number of alkyl halides is 3. The van der Waals surface area contributed by atoms with Crippen LogP contribution >= 0.6 is 68.0 Å². The number of rotatable bonds is 4. The molecule has 1 aromatic rings. The van der Waals surface area contributed by atoms with Crippen LogP contribution in [0.2, 0.25) is 0 Å². The molecule has 2 heterocycles. The smallest absolute Gasteiger partial charge is 0.314 e. The number of piperazine rings is 1. The van der Waals surface area contributed by atoms with E-state index in [1.165, 1.54) is 11.3 Å². The van der Waals surface area contributed by atoms with Crippen LogP contribution in [0.1, 0.15) is 23.8 Å². The second-order valence-corrected chi connectivity index (χ2v) is 7.98. The van der Waals surface area contributed by atoms with Gasteiger partial charge in [0.25, 0.3) is 0 Å². The fraction of sp³-hybridized carbons (Fsp3) is 0.667. The number of hydrogen-bond acceptors (Lipinski definition) is 3. The summed E-state index contributed by atoms with van der Waals surface area (Å²) in [7, 11) is 0. The fourth-order valence-corrected chi connectivity index (χ4v) is 4.59. The summed E-state index contributed by atoms with van der Waals surface area (Å²) in [5.74, 6) is 0. The summed E-state index contributed by atoms with van der Waals surface area (Å²) in [6.07, 6.45) is -4.73. The molecule has 1 aliphatic heterocycles. The first-order chi connectivity index (χ1) is 9.37. The third-order valence-corrected chi connectivity index (χ3v) is 6.64. The zero-order valence-corrected chi connectivity index (χ0v) is 17.1. The van der Waals surface area contributed by atoms with Crippen LogP contribution in [0.5, 0.6) is 0 Å². The van der Waals surface area contributed by atoms with Crippen molar-refractivity contribution in [1.82, 2.24) is 10.2 Å². The molecule has 0 amide bonds. The molecule has 1 atom stereocenters. The van der Waals surface area contributed by atoms with Crippen LogP contribution in [0.4, 0.5) is 13.2 Å². The van der Waals surface area contributed by atoms with Crippen LogP contribution in [-0.2, 0) is 0 Å². The van der Waals surface area contributed by atoms with Crippen molar-refractivity contribution in [3.05, 3.63) is 19.2 Å². The molecule has 0 saturated carbocycles. The van der Waals surface area contributed by atoms with E-state index >= 15 is 0 Å². The van der Waals surface area contributed by atoms with Gasteiger partial charge in [-0.05, 0) is 44.3 Å². The summed E-state index contributed by atoms with van der Waals surface area (Å²) in [5.41, 5.74) is 0. The number of hydrogen-bond donors (Lipinski definition) is 1. The van der Waals surface area contributed by atoms with Crippen molar-refractivity contribution in [1.29, 1.82) is 0 Å². The Kier molecular flexibility index (Phi) is 10.5. The van der Waals surface area contributed by atoms with E-state index in [2.05, 4.69) is 42.1 Å². The van der Waals surface area contributed by atoms with Gasteiger partial charge >= 0.3 is 6.18 Å². The lowest BCUT2D eigenvalue weighted by molar-refractivity contribution is -0.138. The van der Waals surface area contributed by atoms with Crippen molar-refractivity contribution in [3.8, 4) is 0 Å². The molecular weight excluding hydrogens is 492 g/mol. The van der Waals surface area contributed by atoms with Gasteiger partial charge < -0.3 is 5.32 Å². The minimum Gasteiger partial charge on any atom is -0.314 e. The van der Waals surface area contributed by atoms with Gasteiger partial charge in [-0.3, -0.25) is 4.90 Å². The third kappa shape index (κ3) is 6.83. The second-order valence-electron chi connectivity index (χ2n) is 4.73. The van der Waals surface area contributed by atoms with Gasteiger partial charge in [0.1, 0.15) is 0 Å². The molecule has 0 radical (unpaired) electrons. The number of halogens is 7. The third-order valence-electron chi connectivity index (χ3n) is 3.29. The molecular formula is C12H17Br2Cl2F3N2S. The minimum atomic E-state index is -4.10. The van der Waals surface area contributed by atoms with Gasteiger partial charge in [0, 0.05) is 48.0 Å². The number of thiophene rings is 1. The van der Waals surface area contributed by atoms with Crippen LogP contribution in [0.3, 0.4) is 0 Å². The summed E-state index contributed by atoms with van der Waals surface area (Å²) in [6, 6.07) is 1.77. The molecule has 22 heavy (non-hydrogen) atoms. The molecule has 1 N–H and O–H groups in total. The quantitative estimate of drug-likeness (QED) is 0.585. The minimum absolute atomic E-state index is 0. The SMILES string of the molecule is Cl.Cl.FC(F)(F)CC[C@H](c1cc(Br)c(Br)s1)N1CCNCC1. The van der Waals surface area contributed by atoms with E-state index in [1.807, 2.05) is 6.07 Å². The van der Waals surface area contributed by atoms with Crippen LogP contribution in [0.15, 0.2) is 14.3 Å². The summed E-state index contributed by atoms with van der Waals surface area (Å²) in [4.78, 5) is 3.13. The normalized spacial score (nSPS) is 17.5. The highest BCUT2D eigenvalue weighted by molar-refractivity contribution is 9.13. The van der Waals surface area contributed by atoms with E-state index in [9.17, 15) is 13.2 Å². The Balaban J connectivity index is 0.00000220. The maximum absolute atomic E-state index is 12.5. The Labute approximate surface area is 161 Å². The molecule has 1 aromatic heterocycles. The molecule has 1 aliphatic rings. The van der Waals surface area contributed by atoms with Crippen molar-refractivity contribution >= 4 is 68.0 Å². The van der Waals surface area contributed by atoms with E-state index in [-0.39, 0.29) is 37.3 Å². The lowest BCUT2D eigenvalue weighted by atomic mass is 10.1. The highest BCUT2D eigenvalue weighted by Gasteiger charge is 2.32. The van der Waals surface area contributed by atoms with Crippen LogP contribution in [-0.4, -0.2) is 37.3 Å². The molecule has 10 heteroatoms. The standard InChI is InChI=1S/C12H15Br2F3N2S.2ClH/c13-8-7-10(20-11(8)14)9(1-2-12(15,16)17)19-5-3-18-4-6-19;;/h7,9,18H,1-6H2;2*1H/t9-;;/m1../s1. The molecule has 0 unspecified atom stereocenters. The molecule has 2 rings (SSSR count). The topological polar surface area (TPSA) is 15.3 Å². The maximum Gasteiger partial charge on any atom is 0.389 e. The molecule has 0 spiro atoms. The first-order valence-electron chi connectivity index (χ1n) is 6.33. The Morgan fingerprint density at radius 2 is 1.82 bits per heavy atom. The van der Waals surface area contributed by atoms with E-state index < -0.39 is 12.6 Å². The maximum atomic E-state index is 12.5. The zero-order valence-electron chi connectivity index (χ0n) is 11.5. The summed E-state index contributed by atoms with van der Waals surface area (Å²) in [5, 5.41) is 3.23. The Hall–Kier alpha value is 0.950. The molecule has 0 bridgehead atoms. The summed E-state index contributed by atoms with van der Waals surface area (Å²) in [6.45, 7) is 3.23. The van der Waals surface area contributed by atoms with Gasteiger partial charge in [0.2, 0.25) is 0 Å². The van der Waals surface area contributed by atoms with Crippen LogP contribution in [0.25, 0.3) is 0 Å². The van der Waals surface area contributed by atoms with E-state index in [4.69, 9.17) is 0 Å². The highest BCUT2D eigenvalue weighted by atomic mass is 79.9. The highest BCUT2D eigenvalue weighted by Crippen LogP contribution is 2.40. The Bertz CT molecular complexity index is 435.